The average Bonchev–Trinajstić information content (AvgIpc) is 2.82. The van der Waals surface area contributed by atoms with E-state index in [-0.39, 0.29) is 0 Å². The number of aryl methyl sites for hydroxylation is 1. The molecule has 3 heteroatoms. The van der Waals surface area contributed by atoms with Crippen molar-refractivity contribution in [2.45, 2.75) is 32.2 Å². The zero-order valence-corrected chi connectivity index (χ0v) is 10.2. The molecule has 0 spiro atoms. The van der Waals surface area contributed by atoms with Crippen LogP contribution in [0, 0.1) is 6.92 Å². The second-order valence-electron chi connectivity index (χ2n) is 3.60. The van der Waals surface area contributed by atoms with Gasteiger partial charge in [-0.05, 0) is 48.2 Å². The monoisotopic (exact) mass is 259 g/mol. The average molecular weight is 260 g/mol. The molecule has 1 fully saturated rings. The fraction of sp³-hybridized carbons (Fsp3) is 0.600. The van der Waals surface area contributed by atoms with Crippen LogP contribution >= 0.6 is 27.3 Å². The number of rotatable bonds is 4. The standard InChI is InChI=1S/C10H14BrNS/c1-7-10(11)6-9(13-7)4-5-12-8-2-3-8/h6,8,12H,2-5H2,1H3. The molecule has 0 bridgehead atoms. The molecular formula is C10H14BrNS. The lowest BCUT2D eigenvalue weighted by Gasteiger charge is -1.99. The van der Waals surface area contributed by atoms with Gasteiger partial charge in [0, 0.05) is 26.8 Å². The maximum atomic E-state index is 3.54. The smallest absolute Gasteiger partial charge is 0.0314 e. The molecule has 1 saturated carbocycles. The number of thiophene rings is 1. The van der Waals surface area contributed by atoms with E-state index in [0.717, 1.165) is 12.6 Å². The highest BCUT2D eigenvalue weighted by atomic mass is 79.9. The van der Waals surface area contributed by atoms with Gasteiger partial charge in [0.15, 0.2) is 0 Å². The summed E-state index contributed by atoms with van der Waals surface area (Å²) in [6.45, 7) is 3.30. The molecule has 0 aliphatic heterocycles. The van der Waals surface area contributed by atoms with Gasteiger partial charge >= 0.3 is 0 Å². The van der Waals surface area contributed by atoms with E-state index >= 15 is 0 Å². The van der Waals surface area contributed by atoms with Crippen LogP contribution in [0.2, 0.25) is 0 Å². The minimum Gasteiger partial charge on any atom is -0.314 e. The van der Waals surface area contributed by atoms with Gasteiger partial charge in [-0.15, -0.1) is 11.3 Å². The maximum Gasteiger partial charge on any atom is 0.0314 e. The fourth-order valence-electron chi connectivity index (χ4n) is 1.33. The Hall–Kier alpha value is 0.140. The quantitative estimate of drug-likeness (QED) is 0.877. The number of nitrogens with one attached hydrogen (secondary N) is 1. The van der Waals surface area contributed by atoms with E-state index in [1.807, 2.05) is 11.3 Å². The minimum absolute atomic E-state index is 0.837. The Morgan fingerprint density at radius 2 is 2.38 bits per heavy atom. The van der Waals surface area contributed by atoms with Crippen molar-refractivity contribution in [2.75, 3.05) is 6.54 Å². The lowest BCUT2D eigenvalue weighted by molar-refractivity contribution is 0.685. The van der Waals surface area contributed by atoms with Crippen LogP contribution in [0.15, 0.2) is 10.5 Å². The highest BCUT2D eigenvalue weighted by molar-refractivity contribution is 9.10. The first kappa shape index (κ1) is 9.69. The third-order valence-electron chi connectivity index (χ3n) is 2.29. The highest BCUT2D eigenvalue weighted by Crippen LogP contribution is 2.26. The molecule has 1 aromatic rings. The van der Waals surface area contributed by atoms with E-state index in [1.165, 1.54) is 33.5 Å². The topological polar surface area (TPSA) is 12.0 Å². The van der Waals surface area contributed by atoms with Crippen LogP contribution in [0.25, 0.3) is 0 Å². The third kappa shape index (κ3) is 2.79. The molecule has 0 atom stereocenters. The van der Waals surface area contributed by atoms with Gasteiger partial charge in [0.25, 0.3) is 0 Å². The van der Waals surface area contributed by atoms with Crippen molar-refractivity contribution in [3.63, 3.8) is 0 Å². The predicted octanol–water partition coefficient (Wildman–Crippen LogP) is 3.11. The second-order valence-corrected chi connectivity index (χ2v) is 5.79. The first-order chi connectivity index (χ1) is 6.25. The van der Waals surface area contributed by atoms with Crippen molar-refractivity contribution in [3.05, 3.63) is 20.3 Å². The third-order valence-corrected chi connectivity index (χ3v) is 4.49. The summed E-state index contributed by atoms with van der Waals surface area (Å²) in [7, 11) is 0. The molecule has 72 valence electrons. The van der Waals surface area contributed by atoms with E-state index in [1.54, 1.807) is 0 Å². The Morgan fingerprint density at radius 1 is 1.62 bits per heavy atom. The molecule has 0 saturated heterocycles. The Kier molecular flexibility index (Phi) is 3.06. The van der Waals surface area contributed by atoms with Crippen LogP contribution in [-0.4, -0.2) is 12.6 Å². The summed E-state index contributed by atoms with van der Waals surface area (Å²) >= 11 is 5.44. The van der Waals surface area contributed by atoms with Gasteiger partial charge in [-0.2, -0.15) is 0 Å². The van der Waals surface area contributed by atoms with E-state index in [4.69, 9.17) is 0 Å². The Bertz CT molecular complexity index is 272. The molecular weight excluding hydrogens is 246 g/mol. The molecule has 0 radical (unpaired) electrons. The molecule has 1 N–H and O–H groups in total. The van der Waals surface area contributed by atoms with Gasteiger partial charge in [-0.25, -0.2) is 0 Å². The number of hydrogen-bond acceptors (Lipinski definition) is 2. The van der Waals surface area contributed by atoms with Gasteiger partial charge in [-0.3, -0.25) is 0 Å². The largest absolute Gasteiger partial charge is 0.314 e. The molecule has 1 heterocycles. The molecule has 1 aliphatic carbocycles. The lowest BCUT2D eigenvalue weighted by atomic mass is 10.3. The van der Waals surface area contributed by atoms with Crippen molar-refractivity contribution >= 4 is 27.3 Å². The summed E-state index contributed by atoms with van der Waals surface area (Å²) in [5.74, 6) is 0. The summed E-state index contributed by atoms with van der Waals surface area (Å²) in [6, 6.07) is 3.08. The van der Waals surface area contributed by atoms with Crippen LogP contribution in [0.1, 0.15) is 22.6 Å². The molecule has 1 aromatic heterocycles. The fourth-order valence-corrected chi connectivity index (χ4v) is 2.93. The predicted molar refractivity (Wildman–Crippen MR) is 61.5 cm³/mol. The van der Waals surface area contributed by atoms with Gasteiger partial charge in [0.1, 0.15) is 0 Å². The molecule has 0 unspecified atom stereocenters. The van der Waals surface area contributed by atoms with Crippen LogP contribution < -0.4 is 5.32 Å². The van der Waals surface area contributed by atoms with Crippen LogP contribution in [-0.2, 0) is 6.42 Å². The zero-order chi connectivity index (χ0) is 9.26. The van der Waals surface area contributed by atoms with Crippen molar-refractivity contribution in [3.8, 4) is 0 Å². The SMILES string of the molecule is Cc1sc(CCNC2CC2)cc1Br. The molecule has 1 nitrogen and oxygen atoms in total. The number of hydrogen-bond donors (Lipinski definition) is 1. The van der Waals surface area contributed by atoms with Gasteiger partial charge < -0.3 is 5.32 Å². The molecule has 0 aromatic carbocycles. The first-order valence-corrected chi connectivity index (χ1v) is 6.35. The van der Waals surface area contributed by atoms with Crippen molar-refractivity contribution < 1.29 is 0 Å². The normalized spacial score (nSPS) is 16.5. The molecule has 0 amide bonds. The first-order valence-electron chi connectivity index (χ1n) is 4.74. The van der Waals surface area contributed by atoms with E-state index in [9.17, 15) is 0 Å². The lowest BCUT2D eigenvalue weighted by Crippen LogP contribution is -2.18. The van der Waals surface area contributed by atoms with Gasteiger partial charge in [0.2, 0.25) is 0 Å². The summed E-state index contributed by atoms with van der Waals surface area (Å²) in [5, 5.41) is 3.53. The van der Waals surface area contributed by atoms with Crippen LogP contribution in [0.3, 0.4) is 0 Å². The van der Waals surface area contributed by atoms with Crippen LogP contribution in [0.5, 0.6) is 0 Å². The van der Waals surface area contributed by atoms with Crippen molar-refractivity contribution in [2.24, 2.45) is 0 Å². The Morgan fingerprint density at radius 3 is 2.92 bits per heavy atom. The van der Waals surface area contributed by atoms with Gasteiger partial charge in [0.05, 0.1) is 0 Å². The summed E-state index contributed by atoms with van der Waals surface area (Å²) in [5.41, 5.74) is 0. The Balaban J connectivity index is 1.79. The second kappa shape index (κ2) is 4.11. The van der Waals surface area contributed by atoms with E-state index in [2.05, 4.69) is 34.2 Å². The molecule has 2 rings (SSSR count). The van der Waals surface area contributed by atoms with Gasteiger partial charge in [-0.1, -0.05) is 0 Å². The summed E-state index contributed by atoms with van der Waals surface area (Å²) in [6.07, 6.45) is 3.94. The van der Waals surface area contributed by atoms with Crippen molar-refractivity contribution in [1.82, 2.24) is 5.32 Å². The number of halogens is 1. The molecule has 1 aliphatic rings. The Labute approximate surface area is 91.7 Å². The van der Waals surface area contributed by atoms with Crippen molar-refractivity contribution in [1.29, 1.82) is 0 Å². The van der Waals surface area contributed by atoms with E-state index < -0.39 is 0 Å². The minimum atomic E-state index is 0.837. The summed E-state index contributed by atoms with van der Waals surface area (Å²) < 4.78 is 1.26. The van der Waals surface area contributed by atoms with E-state index in [0.29, 0.717) is 0 Å². The van der Waals surface area contributed by atoms with Crippen LogP contribution in [0.4, 0.5) is 0 Å². The molecule has 13 heavy (non-hydrogen) atoms. The zero-order valence-electron chi connectivity index (χ0n) is 7.77. The summed E-state index contributed by atoms with van der Waals surface area (Å²) in [4.78, 5) is 2.87. The maximum absolute atomic E-state index is 3.54. The highest BCUT2D eigenvalue weighted by Gasteiger charge is 2.19.